The number of rotatable bonds is 12. The molecule has 0 fully saturated rings. The molecule has 0 bridgehead atoms. The summed E-state index contributed by atoms with van der Waals surface area (Å²) in [5, 5.41) is 4.00. The van der Waals surface area contributed by atoms with E-state index in [1.807, 2.05) is 25.1 Å². The smallest absolute Gasteiger partial charge is 0.343 e. The number of hydrogen-bond acceptors (Lipinski definition) is 4. The highest BCUT2D eigenvalue weighted by Crippen LogP contribution is 2.15. The zero-order chi connectivity index (χ0) is 21.6. The summed E-state index contributed by atoms with van der Waals surface area (Å²) in [7, 11) is 0. The number of nitrogens with zero attached hydrogens (tertiary/aromatic N) is 1. The van der Waals surface area contributed by atoms with Crippen molar-refractivity contribution in [1.29, 1.82) is 0 Å². The molecule has 0 aromatic heterocycles. The topological polar surface area (TPSA) is 67.8 Å². The van der Waals surface area contributed by atoms with Crippen LogP contribution >= 0.6 is 0 Å². The van der Waals surface area contributed by atoms with Crippen LogP contribution in [0.3, 0.4) is 0 Å². The highest BCUT2D eigenvalue weighted by Gasteiger charge is 2.10. The van der Waals surface area contributed by atoms with Gasteiger partial charge in [-0.1, -0.05) is 63.6 Å². The van der Waals surface area contributed by atoms with E-state index < -0.39 is 0 Å². The molecule has 5 heteroatoms. The number of benzene rings is 2. The minimum absolute atomic E-state index is 0.0661. The maximum Gasteiger partial charge on any atom is 0.343 e. The summed E-state index contributed by atoms with van der Waals surface area (Å²) >= 11 is 0. The number of aryl methyl sites for hydroxylation is 1. The third-order valence-corrected chi connectivity index (χ3v) is 4.87. The average Bonchev–Trinajstić information content (AvgIpc) is 2.74. The highest BCUT2D eigenvalue weighted by molar-refractivity contribution is 5.92. The lowest BCUT2D eigenvalue weighted by molar-refractivity contribution is -0.121. The maximum absolute atomic E-state index is 12.2. The monoisotopic (exact) mass is 408 g/mol. The third-order valence-electron chi connectivity index (χ3n) is 4.87. The molecule has 0 saturated heterocycles. The van der Waals surface area contributed by atoms with E-state index in [4.69, 9.17) is 4.74 Å². The van der Waals surface area contributed by atoms with Gasteiger partial charge in [0.1, 0.15) is 5.75 Å². The van der Waals surface area contributed by atoms with Crippen LogP contribution in [0.4, 0.5) is 0 Å². The largest absolute Gasteiger partial charge is 0.423 e. The van der Waals surface area contributed by atoms with Crippen LogP contribution in [0.2, 0.25) is 0 Å². The lowest BCUT2D eigenvalue weighted by Crippen LogP contribution is -2.16. The van der Waals surface area contributed by atoms with Gasteiger partial charge in [-0.15, -0.1) is 0 Å². The van der Waals surface area contributed by atoms with Crippen molar-refractivity contribution >= 4 is 18.1 Å². The van der Waals surface area contributed by atoms with Crippen LogP contribution < -0.4 is 10.2 Å². The van der Waals surface area contributed by atoms with E-state index in [1.54, 1.807) is 36.5 Å². The van der Waals surface area contributed by atoms with Crippen LogP contribution in [0.15, 0.2) is 53.6 Å². The molecule has 0 aliphatic carbocycles. The van der Waals surface area contributed by atoms with Gasteiger partial charge >= 0.3 is 5.97 Å². The lowest BCUT2D eigenvalue weighted by Gasteiger charge is -2.06. The molecule has 30 heavy (non-hydrogen) atoms. The van der Waals surface area contributed by atoms with Gasteiger partial charge in [0, 0.05) is 6.42 Å². The van der Waals surface area contributed by atoms with Gasteiger partial charge in [0.15, 0.2) is 0 Å². The van der Waals surface area contributed by atoms with E-state index in [-0.39, 0.29) is 11.9 Å². The maximum atomic E-state index is 12.2. The molecule has 0 aliphatic rings. The highest BCUT2D eigenvalue weighted by atomic mass is 16.5. The van der Waals surface area contributed by atoms with E-state index in [0.717, 1.165) is 24.0 Å². The number of unbranched alkanes of at least 4 members (excludes halogenated alkanes) is 6. The van der Waals surface area contributed by atoms with Crippen LogP contribution in [0.1, 0.15) is 79.8 Å². The Kier molecular flexibility index (Phi) is 10.3. The molecular weight excluding hydrogens is 376 g/mol. The molecule has 0 radical (unpaired) electrons. The Bertz CT molecular complexity index is 829. The fourth-order valence-corrected chi connectivity index (χ4v) is 3.06. The zero-order valence-corrected chi connectivity index (χ0v) is 18.0. The molecule has 0 aliphatic heterocycles. The molecular formula is C25H32N2O3. The molecule has 5 nitrogen and oxygen atoms in total. The van der Waals surface area contributed by atoms with Crippen molar-refractivity contribution in [2.75, 3.05) is 0 Å². The van der Waals surface area contributed by atoms with Gasteiger partial charge < -0.3 is 4.74 Å². The standard InChI is InChI=1S/C25H32N2O3/c1-3-4-5-6-7-8-9-14-24(28)27-26-19-21-15-17-22(18-16-21)30-25(29)23-13-11-10-12-20(23)2/h10-13,15-19H,3-9,14H2,1-2H3,(H,27,28)/b26-19-. The predicted octanol–water partition coefficient (Wildman–Crippen LogP) is 5.81. The molecule has 1 amide bonds. The Labute approximate surface area is 179 Å². The molecule has 0 heterocycles. The number of esters is 1. The van der Waals surface area contributed by atoms with E-state index in [0.29, 0.717) is 17.7 Å². The second-order valence-corrected chi connectivity index (χ2v) is 7.44. The quantitative estimate of drug-likeness (QED) is 0.159. The number of nitrogens with one attached hydrogen (secondary N) is 1. The summed E-state index contributed by atoms with van der Waals surface area (Å²) in [6, 6.07) is 14.3. The van der Waals surface area contributed by atoms with Crippen molar-refractivity contribution in [3.8, 4) is 5.75 Å². The van der Waals surface area contributed by atoms with Crippen molar-refractivity contribution in [3.63, 3.8) is 0 Å². The molecule has 2 rings (SSSR count). The molecule has 0 saturated carbocycles. The Morgan fingerprint density at radius 2 is 1.60 bits per heavy atom. The van der Waals surface area contributed by atoms with Gasteiger partial charge in [-0.3, -0.25) is 4.79 Å². The fourth-order valence-electron chi connectivity index (χ4n) is 3.06. The number of hydrazone groups is 1. The van der Waals surface area contributed by atoms with E-state index >= 15 is 0 Å². The van der Waals surface area contributed by atoms with Crippen LogP contribution in [0.5, 0.6) is 5.75 Å². The Morgan fingerprint density at radius 1 is 0.933 bits per heavy atom. The van der Waals surface area contributed by atoms with Crippen LogP contribution in [0, 0.1) is 6.92 Å². The van der Waals surface area contributed by atoms with E-state index in [9.17, 15) is 9.59 Å². The average molecular weight is 409 g/mol. The number of ether oxygens (including phenoxy) is 1. The zero-order valence-electron chi connectivity index (χ0n) is 18.0. The third kappa shape index (κ3) is 8.60. The molecule has 2 aromatic rings. The van der Waals surface area contributed by atoms with Crippen molar-refractivity contribution in [3.05, 3.63) is 65.2 Å². The first-order chi connectivity index (χ1) is 14.6. The summed E-state index contributed by atoms with van der Waals surface area (Å²) in [4.78, 5) is 24.1. The summed E-state index contributed by atoms with van der Waals surface area (Å²) in [6.45, 7) is 4.08. The van der Waals surface area contributed by atoms with E-state index in [2.05, 4.69) is 17.5 Å². The van der Waals surface area contributed by atoms with Gasteiger partial charge in [0.05, 0.1) is 11.8 Å². The van der Waals surface area contributed by atoms with Gasteiger partial charge in [-0.25, -0.2) is 10.2 Å². The number of carbonyl (C=O) groups is 2. The van der Waals surface area contributed by atoms with Crippen molar-refractivity contribution in [2.24, 2.45) is 5.10 Å². The number of hydrogen-bond donors (Lipinski definition) is 1. The second-order valence-electron chi connectivity index (χ2n) is 7.44. The van der Waals surface area contributed by atoms with Gasteiger partial charge in [-0.05, 0) is 54.8 Å². The summed E-state index contributed by atoms with van der Waals surface area (Å²) in [5.74, 6) is 0.0131. The molecule has 0 spiro atoms. The minimum Gasteiger partial charge on any atom is -0.423 e. The summed E-state index contributed by atoms with van der Waals surface area (Å²) in [5.41, 5.74) is 4.79. The molecule has 0 atom stereocenters. The Morgan fingerprint density at radius 3 is 2.30 bits per heavy atom. The first-order valence-corrected chi connectivity index (χ1v) is 10.8. The van der Waals surface area contributed by atoms with Crippen molar-refractivity contribution in [2.45, 2.75) is 65.2 Å². The number of carbonyl (C=O) groups excluding carboxylic acids is 2. The van der Waals surface area contributed by atoms with Crippen molar-refractivity contribution in [1.82, 2.24) is 5.43 Å². The Balaban J connectivity index is 1.70. The molecule has 160 valence electrons. The Hall–Kier alpha value is -2.95. The SMILES string of the molecule is CCCCCCCCCC(=O)N/N=C\c1ccc(OC(=O)c2ccccc2C)cc1. The van der Waals surface area contributed by atoms with Gasteiger partial charge in [0.2, 0.25) is 5.91 Å². The first-order valence-electron chi connectivity index (χ1n) is 10.8. The van der Waals surface area contributed by atoms with Gasteiger partial charge in [0.25, 0.3) is 0 Å². The van der Waals surface area contributed by atoms with Crippen LogP contribution in [-0.2, 0) is 4.79 Å². The van der Waals surface area contributed by atoms with Crippen LogP contribution in [-0.4, -0.2) is 18.1 Å². The summed E-state index contributed by atoms with van der Waals surface area (Å²) < 4.78 is 5.41. The molecule has 2 aromatic carbocycles. The second kappa shape index (κ2) is 13.3. The lowest BCUT2D eigenvalue weighted by atomic mass is 10.1. The van der Waals surface area contributed by atoms with E-state index in [1.165, 1.54) is 32.1 Å². The first kappa shape index (κ1) is 23.3. The minimum atomic E-state index is -0.382. The normalized spacial score (nSPS) is 10.9. The van der Waals surface area contributed by atoms with Crippen molar-refractivity contribution < 1.29 is 14.3 Å². The predicted molar refractivity (Wildman–Crippen MR) is 121 cm³/mol. The molecule has 1 N–H and O–H groups in total. The van der Waals surface area contributed by atoms with Gasteiger partial charge in [-0.2, -0.15) is 5.10 Å². The number of amides is 1. The fraction of sp³-hybridized carbons (Fsp3) is 0.400. The van der Waals surface area contributed by atoms with Crippen LogP contribution in [0.25, 0.3) is 0 Å². The summed E-state index contributed by atoms with van der Waals surface area (Å²) in [6.07, 6.45) is 10.3. The molecule has 0 unspecified atom stereocenters.